The summed E-state index contributed by atoms with van der Waals surface area (Å²) >= 11 is 0. The Kier molecular flexibility index (Phi) is 4.11. The Morgan fingerprint density at radius 1 is 1.32 bits per heavy atom. The number of hydrogen-bond acceptors (Lipinski definition) is 4. The predicted octanol–water partition coefficient (Wildman–Crippen LogP) is 2.97. The third-order valence-electron chi connectivity index (χ3n) is 5.56. The predicted molar refractivity (Wildman–Crippen MR) is 92.6 cm³/mol. The van der Waals surface area contributed by atoms with Crippen molar-refractivity contribution in [3.05, 3.63) is 54.2 Å². The number of fused-ring (bicyclic) bond motifs is 1. The van der Waals surface area contributed by atoms with E-state index in [1.807, 2.05) is 23.1 Å². The molecule has 1 saturated carbocycles. The lowest BCUT2D eigenvalue weighted by Gasteiger charge is -2.29. The lowest BCUT2D eigenvalue weighted by molar-refractivity contribution is 0.0765. The number of nitrogens with one attached hydrogen (secondary N) is 1. The van der Waals surface area contributed by atoms with Crippen LogP contribution in [0.25, 0.3) is 0 Å². The standard InChI is InChI=1S/C19H21FN4O/c20-15-6-7-16(22-10-15)18(25)24-11-14-4-3-8-19(14,13-24)12-23-17-5-1-2-9-21-17/h1-2,5-7,9-10,14H,3-4,8,11-13H2,(H,21,23)/t14-,19-/m0/s1. The van der Waals surface area contributed by atoms with Crippen molar-refractivity contribution in [2.24, 2.45) is 11.3 Å². The van der Waals surface area contributed by atoms with E-state index >= 15 is 0 Å². The normalized spacial score (nSPS) is 25.0. The summed E-state index contributed by atoms with van der Waals surface area (Å²) in [6.45, 7) is 2.28. The fraction of sp³-hybridized carbons (Fsp3) is 0.421. The molecule has 130 valence electrons. The minimum Gasteiger partial charge on any atom is -0.369 e. The maximum absolute atomic E-state index is 13.0. The van der Waals surface area contributed by atoms with E-state index in [1.54, 1.807) is 6.20 Å². The molecule has 1 amide bonds. The number of halogens is 1. The molecule has 1 saturated heterocycles. The molecular weight excluding hydrogens is 319 g/mol. The van der Waals surface area contributed by atoms with Gasteiger partial charge >= 0.3 is 0 Å². The fourth-order valence-corrected chi connectivity index (χ4v) is 4.26. The average Bonchev–Trinajstić information content (AvgIpc) is 3.18. The number of anilines is 1. The van der Waals surface area contributed by atoms with E-state index in [4.69, 9.17) is 0 Å². The first-order valence-corrected chi connectivity index (χ1v) is 8.72. The molecular formula is C19H21FN4O. The van der Waals surface area contributed by atoms with E-state index in [9.17, 15) is 9.18 Å². The summed E-state index contributed by atoms with van der Waals surface area (Å²) in [4.78, 5) is 22.9. The highest BCUT2D eigenvalue weighted by molar-refractivity contribution is 5.92. The molecule has 1 N–H and O–H groups in total. The largest absolute Gasteiger partial charge is 0.369 e. The molecule has 2 atom stereocenters. The quantitative estimate of drug-likeness (QED) is 0.930. The highest BCUT2D eigenvalue weighted by Crippen LogP contribution is 2.48. The van der Waals surface area contributed by atoms with E-state index in [2.05, 4.69) is 15.3 Å². The molecule has 0 bridgehead atoms. The summed E-state index contributed by atoms with van der Waals surface area (Å²) < 4.78 is 13.0. The number of hydrogen-bond donors (Lipinski definition) is 1. The third-order valence-corrected chi connectivity index (χ3v) is 5.56. The molecule has 1 aliphatic carbocycles. The molecule has 2 aromatic rings. The van der Waals surface area contributed by atoms with E-state index in [-0.39, 0.29) is 11.3 Å². The molecule has 2 aromatic heterocycles. The van der Waals surface area contributed by atoms with E-state index < -0.39 is 5.82 Å². The Hall–Kier alpha value is -2.50. The molecule has 2 aliphatic rings. The number of amides is 1. The van der Waals surface area contributed by atoms with E-state index in [0.29, 0.717) is 11.6 Å². The minimum absolute atomic E-state index is 0.0905. The summed E-state index contributed by atoms with van der Waals surface area (Å²) in [5.41, 5.74) is 0.405. The molecule has 3 heterocycles. The Labute approximate surface area is 146 Å². The van der Waals surface area contributed by atoms with Gasteiger partial charge in [0.2, 0.25) is 0 Å². The van der Waals surface area contributed by atoms with Crippen LogP contribution in [-0.2, 0) is 0 Å². The van der Waals surface area contributed by atoms with Crippen molar-refractivity contribution in [1.29, 1.82) is 0 Å². The summed E-state index contributed by atoms with van der Waals surface area (Å²) in [6.07, 6.45) is 6.33. The third kappa shape index (κ3) is 3.08. The topological polar surface area (TPSA) is 58.1 Å². The highest BCUT2D eigenvalue weighted by atomic mass is 19.1. The van der Waals surface area contributed by atoms with Crippen molar-refractivity contribution in [2.45, 2.75) is 19.3 Å². The number of pyridine rings is 2. The van der Waals surface area contributed by atoms with Gasteiger partial charge in [-0.15, -0.1) is 0 Å². The van der Waals surface area contributed by atoms with Crippen molar-refractivity contribution in [3.8, 4) is 0 Å². The second-order valence-corrected chi connectivity index (χ2v) is 7.07. The first-order valence-electron chi connectivity index (χ1n) is 8.72. The van der Waals surface area contributed by atoms with Gasteiger partial charge in [0.25, 0.3) is 5.91 Å². The Morgan fingerprint density at radius 2 is 2.24 bits per heavy atom. The van der Waals surface area contributed by atoms with Crippen LogP contribution in [0, 0.1) is 17.2 Å². The van der Waals surface area contributed by atoms with Crippen LogP contribution in [-0.4, -0.2) is 40.4 Å². The first kappa shape index (κ1) is 16.0. The molecule has 0 unspecified atom stereocenters. The molecule has 2 fully saturated rings. The molecule has 1 aliphatic heterocycles. The zero-order valence-electron chi connectivity index (χ0n) is 14.0. The molecule has 0 radical (unpaired) electrons. The van der Waals surface area contributed by atoms with Crippen molar-refractivity contribution < 1.29 is 9.18 Å². The van der Waals surface area contributed by atoms with Crippen molar-refractivity contribution >= 4 is 11.7 Å². The zero-order chi connectivity index (χ0) is 17.3. The molecule has 6 heteroatoms. The van der Waals surface area contributed by atoms with Crippen molar-refractivity contribution in [2.75, 3.05) is 25.0 Å². The smallest absolute Gasteiger partial charge is 0.272 e. The van der Waals surface area contributed by atoms with Gasteiger partial charge in [0.15, 0.2) is 0 Å². The number of carbonyl (C=O) groups excluding carboxylic acids is 1. The van der Waals surface area contributed by atoms with Crippen molar-refractivity contribution in [1.82, 2.24) is 14.9 Å². The van der Waals surface area contributed by atoms with Crippen LogP contribution in [0.5, 0.6) is 0 Å². The Bertz CT molecular complexity index is 752. The van der Waals surface area contributed by atoms with E-state index in [1.165, 1.54) is 18.6 Å². The number of nitrogens with zero attached hydrogens (tertiary/aromatic N) is 3. The van der Waals surface area contributed by atoms with Crippen LogP contribution in [0.3, 0.4) is 0 Å². The van der Waals surface area contributed by atoms with Gasteiger partial charge in [-0.25, -0.2) is 14.4 Å². The average molecular weight is 340 g/mol. The van der Waals surface area contributed by atoms with Gasteiger partial charge in [-0.3, -0.25) is 4.79 Å². The Morgan fingerprint density at radius 3 is 3.00 bits per heavy atom. The molecule has 4 rings (SSSR count). The lowest BCUT2D eigenvalue weighted by Crippen LogP contribution is -2.36. The van der Waals surface area contributed by atoms with Crippen LogP contribution < -0.4 is 5.32 Å². The van der Waals surface area contributed by atoms with Gasteiger partial charge in [0, 0.05) is 31.2 Å². The second-order valence-electron chi connectivity index (χ2n) is 7.07. The van der Waals surface area contributed by atoms with Gasteiger partial charge in [-0.1, -0.05) is 12.5 Å². The van der Waals surface area contributed by atoms with E-state index in [0.717, 1.165) is 44.5 Å². The van der Waals surface area contributed by atoms with Crippen molar-refractivity contribution in [3.63, 3.8) is 0 Å². The zero-order valence-corrected chi connectivity index (χ0v) is 14.0. The van der Waals surface area contributed by atoms with Crippen LogP contribution in [0.4, 0.5) is 10.2 Å². The molecule has 25 heavy (non-hydrogen) atoms. The van der Waals surface area contributed by atoms with Gasteiger partial charge in [-0.2, -0.15) is 0 Å². The SMILES string of the molecule is O=C(c1ccc(F)cn1)N1C[C@@H]2CCC[C@]2(CNc2ccccn2)C1. The van der Waals surface area contributed by atoms with Crippen LogP contribution >= 0.6 is 0 Å². The van der Waals surface area contributed by atoms with Crippen LogP contribution in [0.2, 0.25) is 0 Å². The fourth-order valence-electron chi connectivity index (χ4n) is 4.26. The molecule has 0 spiro atoms. The monoisotopic (exact) mass is 340 g/mol. The maximum Gasteiger partial charge on any atom is 0.272 e. The number of rotatable bonds is 4. The molecule has 0 aromatic carbocycles. The Balaban J connectivity index is 1.47. The molecule has 5 nitrogen and oxygen atoms in total. The van der Waals surface area contributed by atoms with Gasteiger partial charge in [0.1, 0.15) is 17.3 Å². The summed E-state index contributed by atoms with van der Waals surface area (Å²) in [7, 11) is 0. The summed E-state index contributed by atoms with van der Waals surface area (Å²) in [5, 5.41) is 3.44. The first-order chi connectivity index (χ1) is 12.2. The minimum atomic E-state index is -0.425. The highest BCUT2D eigenvalue weighted by Gasteiger charge is 2.50. The maximum atomic E-state index is 13.0. The van der Waals surface area contributed by atoms with Crippen LogP contribution in [0.1, 0.15) is 29.8 Å². The lowest BCUT2D eigenvalue weighted by atomic mass is 9.80. The van der Waals surface area contributed by atoms with Gasteiger partial charge in [0.05, 0.1) is 6.20 Å². The summed E-state index contributed by atoms with van der Waals surface area (Å²) in [5.74, 6) is 0.832. The number of aromatic nitrogens is 2. The summed E-state index contributed by atoms with van der Waals surface area (Å²) in [6, 6.07) is 8.57. The number of likely N-dealkylation sites (tertiary alicyclic amines) is 1. The second kappa shape index (κ2) is 6.43. The number of carbonyl (C=O) groups is 1. The van der Waals surface area contributed by atoms with Gasteiger partial charge < -0.3 is 10.2 Å². The van der Waals surface area contributed by atoms with Crippen LogP contribution in [0.15, 0.2) is 42.7 Å². The van der Waals surface area contributed by atoms with Gasteiger partial charge in [-0.05, 0) is 43.0 Å².